The Morgan fingerprint density at radius 3 is 2.50 bits per heavy atom. The number of benzene rings is 2. The molecule has 0 aliphatic heterocycles. The molecule has 0 radical (unpaired) electrons. The van der Waals surface area contributed by atoms with E-state index < -0.39 is 10.0 Å². The summed E-state index contributed by atoms with van der Waals surface area (Å²) < 4.78 is 33.9. The molecule has 216 valence electrons. The normalized spacial score (nSPS) is 11.7. The summed E-state index contributed by atoms with van der Waals surface area (Å²) in [4.78, 5) is 18.6. The molecule has 0 saturated heterocycles. The van der Waals surface area contributed by atoms with Crippen LogP contribution in [0, 0.1) is 0 Å². The van der Waals surface area contributed by atoms with Gasteiger partial charge in [0.2, 0.25) is 10.0 Å². The highest BCUT2D eigenvalue weighted by Crippen LogP contribution is 2.34. The first-order valence-corrected chi connectivity index (χ1v) is 15.4. The summed E-state index contributed by atoms with van der Waals surface area (Å²) in [7, 11) is -2.24. The second kappa shape index (κ2) is 13.6. The molecule has 0 saturated carbocycles. The van der Waals surface area contributed by atoms with Gasteiger partial charge >= 0.3 is 0 Å². The van der Waals surface area contributed by atoms with E-state index >= 15 is 0 Å². The largest absolute Gasteiger partial charge is 0.383 e. The highest BCUT2D eigenvalue weighted by atomic mass is 32.2. The van der Waals surface area contributed by atoms with Gasteiger partial charge in [-0.2, -0.15) is 4.31 Å². The summed E-state index contributed by atoms with van der Waals surface area (Å²) in [5.74, 6) is 0.996. The Hall–Kier alpha value is -4.25. The standard InChI is InChI=1S/C32H34N6O3S/c1-3-4-17-38(18-19-41-2)42(39,40)27-20-25(21-33-23-27)31-36-29-15-10-14-28(24-11-6-5-7-12-24)30(29)32(37-31)35-22-26-13-8-9-16-34-26/h5-16,20-21,23H,3-4,17-19,22H2,1-2H3,(H,35,36,37). The van der Waals surface area contributed by atoms with Crippen molar-refractivity contribution >= 4 is 26.7 Å². The molecule has 0 spiro atoms. The van der Waals surface area contributed by atoms with Crippen molar-refractivity contribution in [2.24, 2.45) is 0 Å². The molecule has 42 heavy (non-hydrogen) atoms. The Kier molecular flexibility index (Phi) is 9.48. The quantitative estimate of drug-likeness (QED) is 0.185. The lowest BCUT2D eigenvalue weighted by atomic mass is 10.0. The van der Waals surface area contributed by atoms with Crippen molar-refractivity contribution in [1.82, 2.24) is 24.2 Å². The predicted octanol–water partition coefficient (Wildman–Crippen LogP) is 5.80. The molecule has 9 nitrogen and oxygen atoms in total. The predicted molar refractivity (Wildman–Crippen MR) is 165 cm³/mol. The molecule has 0 aliphatic carbocycles. The molecule has 2 aromatic carbocycles. The van der Waals surface area contributed by atoms with Crippen LogP contribution in [-0.2, 0) is 21.3 Å². The summed E-state index contributed by atoms with van der Waals surface area (Å²) in [5, 5.41) is 4.33. The van der Waals surface area contributed by atoms with E-state index in [1.54, 1.807) is 25.6 Å². The number of unbranched alkanes of at least 4 members (excludes halogenated alkanes) is 1. The van der Waals surface area contributed by atoms with Gasteiger partial charge in [0.25, 0.3) is 0 Å². The molecule has 0 fully saturated rings. The van der Waals surface area contributed by atoms with Crippen LogP contribution in [0.3, 0.4) is 0 Å². The number of anilines is 1. The van der Waals surface area contributed by atoms with Crippen molar-refractivity contribution in [3.63, 3.8) is 0 Å². The van der Waals surface area contributed by atoms with Crippen LogP contribution in [0.4, 0.5) is 5.82 Å². The van der Waals surface area contributed by atoms with Gasteiger partial charge in [0.1, 0.15) is 10.7 Å². The number of methoxy groups -OCH3 is 1. The molecule has 0 atom stereocenters. The lowest BCUT2D eigenvalue weighted by Gasteiger charge is -2.21. The minimum Gasteiger partial charge on any atom is -0.383 e. The van der Waals surface area contributed by atoms with E-state index in [1.807, 2.05) is 61.5 Å². The zero-order valence-electron chi connectivity index (χ0n) is 23.8. The number of hydrogen-bond acceptors (Lipinski definition) is 8. The van der Waals surface area contributed by atoms with Gasteiger partial charge in [0.15, 0.2) is 5.82 Å². The van der Waals surface area contributed by atoms with Gasteiger partial charge in [0, 0.05) is 44.4 Å². The number of rotatable bonds is 13. The maximum absolute atomic E-state index is 13.6. The van der Waals surface area contributed by atoms with Crippen molar-refractivity contribution in [3.8, 4) is 22.5 Å². The van der Waals surface area contributed by atoms with Crippen LogP contribution in [0.25, 0.3) is 33.4 Å². The van der Waals surface area contributed by atoms with E-state index in [1.165, 1.54) is 10.5 Å². The van der Waals surface area contributed by atoms with Gasteiger partial charge in [-0.1, -0.05) is 61.9 Å². The van der Waals surface area contributed by atoms with Crippen LogP contribution in [0.1, 0.15) is 25.5 Å². The lowest BCUT2D eigenvalue weighted by Crippen LogP contribution is -2.34. The maximum Gasteiger partial charge on any atom is 0.244 e. The third-order valence-electron chi connectivity index (χ3n) is 6.89. The van der Waals surface area contributed by atoms with E-state index in [0.717, 1.165) is 40.6 Å². The smallest absolute Gasteiger partial charge is 0.244 e. The van der Waals surface area contributed by atoms with E-state index in [4.69, 9.17) is 14.7 Å². The first kappa shape index (κ1) is 29.2. The molecule has 1 N–H and O–H groups in total. The molecule has 0 unspecified atom stereocenters. The fourth-order valence-corrected chi connectivity index (χ4v) is 6.14. The zero-order valence-corrected chi connectivity index (χ0v) is 24.6. The fraction of sp³-hybridized carbons (Fsp3) is 0.250. The van der Waals surface area contributed by atoms with Crippen LogP contribution in [0.15, 0.2) is 96.3 Å². The number of ether oxygens (including phenoxy) is 1. The number of nitrogens with one attached hydrogen (secondary N) is 1. The molecule has 10 heteroatoms. The van der Waals surface area contributed by atoms with E-state index in [9.17, 15) is 8.42 Å². The second-order valence-electron chi connectivity index (χ2n) is 9.80. The molecule has 5 aromatic rings. The van der Waals surface area contributed by atoms with Crippen molar-refractivity contribution in [1.29, 1.82) is 0 Å². The average Bonchev–Trinajstić information content (AvgIpc) is 3.04. The molecule has 3 heterocycles. The molecule has 5 rings (SSSR count). The number of aromatic nitrogens is 4. The van der Waals surface area contributed by atoms with Gasteiger partial charge in [0.05, 0.1) is 29.7 Å². The minimum absolute atomic E-state index is 0.0944. The Labute approximate surface area is 246 Å². The van der Waals surface area contributed by atoms with E-state index in [0.29, 0.717) is 36.9 Å². The molecule has 0 aliphatic rings. The van der Waals surface area contributed by atoms with Crippen LogP contribution in [-0.4, -0.2) is 59.5 Å². The van der Waals surface area contributed by atoms with Crippen LogP contribution in [0.2, 0.25) is 0 Å². The van der Waals surface area contributed by atoms with Crippen molar-refractivity contribution < 1.29 is 13.2 Å². The summed E-state index contributed by atoms with van der Waals surface area (Å²) in [6.07, 6.45) is 6.35. The first-order chi connectivity index (χ1) is 20.5. The van der Waals surface area contributed by atoms with Gasteiger partial charge in [-0.05, 0) is 41.8 Å². The minimum atomic E-state index is -3.81. The van der Waals surface area contributed by atoms with Crippen molar-refractivity contribution in [2.75, 3.05) is 32.1 Å². The van der Waals surface area contributed by atoms with Crippen LogP contribution >= 0.6 is 0 Å². The van der Waals surface area contributed by atoms with Crippen LogP contribution < -0.4 is 5.32 Å². The summed E-state index contributed by atoms with van der Waals surface area (Å²) in [5.41, 5.74) is 4.12. The SMILES string of the molecule is CCCCN(CCOC)S(=O)(=O)c1cncc(-c2nc(NCc3ccccn3)c3c(-c4ccccc4)cccc3n2)c1. The molecule has 0 amide bonds. The molecule has 3 aromatic heterocycles. The topological polar surface area (TPSA) is 110 Å². The van der Waals surface area contributed by atoms with Gasteiger partial charge < -0.3 is 10.1 Å². The molecule has 0 bridgehead atoms. The molecular formula is C32H34N6O3S. The summed E-state index contributed by atoms with van der Waals surface area (Å²) >= 11 is 0. The fourth-order valence-electron chi connectivity index (χ4n) is 4.69. The number of pyridine rings is 2. The Balaban J connectivity index is 1.59. The first-order valence-electron chi connectivity index (χ1n) is 14.0. The Morgan fingerprint density at radius 1 is 0.905 bits per heavy atom. The number of fused-ring (bicyclic) bond motifs is 1. The Morgan fingerprint density at radius 2 is 1.74 bits per heavy atom. The van der Waals surface area contributed by atoms with Crippen molar-refractivity contribution in [3.05, 3.63) is 97.1 Å². The monoisotopic (exact) mass is 582 g/mol. The molecular weight excluding hydrogens is 548 g/mol. The summed E-state index contributed by atoms with van der Waals surface area (Å²) in [6, 6.07) is 23.4. The van der Waals surface area contributed by atoms with Gasteiger partial charge in [-0.15, -0.1) is 0 Å². The average molecular weight is 583 g/mol. The third kappa shape index (κ3) is 6.62. The number of nitrogens with zero attached hydrogens (tertiary/aromatic N) is 5. The Bertz CT molecular complexity index is 1730. The maximum atomic E-state index is 13.6. The highest BCUT2D eigenvalue weighted by Gasteiger charge is 2.25. The van der Waals surface area contributed by atoms with Gasteiger partial charge in [-0.3, -0.25) is 9.97 Å². The lowest BCUT2D eigenvalue weighted by molar-refractivity contribution is 0.178. The number of hydrogen-bond donors (Lipinski definition) is 1. The van der Waals surface area contributed by atoms with E-state index in [2.05, 4.69) is 27.4 Å². The number of sulfonamides is 1. The highest BCUT2D eigenvalue weighted by molar-refractivity contribution is 7.89. The summed E-state index contributed by atoms with van der Waals surface area (Å²) in [6.45, 7) is 3.46. The third-order valence-corrected chi connectivity index (χ3v) is 8.75. The van der Waals surface area contributed by atoms with Crippen LogP contribution in [0.5, 0.6) is 0 Å². The zero-order chi connectivity index (χ0) is 29.4. The van der Waals surface area contributed by atoms with Crippen molar-refractivity contribution in [2.45, 2.75) is 31.2 Å². The second-order valence-corrected chi connectivity index (χ2v) is 11.7. The van der Waals surface area contributed by atoms with E-state index in [-0.39, 0.29) is 11.4 Å². The van der Waals surface area contributed by atoms with Gasteiger partial charge in [-0.25, -0.2) is 18.4 Å².